The number of benzene rings is 1. The first-order chi connectivity index (χ1) is 14.2. The lowest BCUT2D eigenvalue weighted by Crippen LogP contribution is -2.41. The Bertz CT molecular complexity index is 847. The van der Waals surface area contributed by atoms with E-state index in [0.29, 0.717) is 11.8 Å². The highest BCUT2D eigenvalue weighted by Crippen LogP contribution is 2.35. The Morgan fingerprint density at radius 3 is 2.57 bits per heavy atom. The topological polar surface area (TPSA) is 23.6 Å². The van der Waals surface area contributed by atoms with E-state index in [4.69, 9.17) is 0 Å². The maximum absolute atomic E-state index is 14.0. The highest BCUT2D eigenvalue weighted by molar-refractivity contribution is 7.11. The standard InChI is InChI=1S/C25H35FN2OS/c1-17(2)12-28(25(29)18(3)4)14-21-13-27(15-23-10-9-19(5)30-23)16-24(21)20-7-6-8-22(26)11-20/h6-11,17-18,21,24H,12-16H2,1-5H3. The van der Waals surface area contributed by atoms with E-state index in [9.17, 15) is 9.18 Å². The third-order valence-corrected chi connectivity index (χ3v) is 6.80. The number of thiophene rings is 1. The Labute approximate surface area is 184 Å². The smallest absolute Gasteiger partial charge is 0.225 e. The van der Waals surface area contributed by atoms with E-state index in [1.54, 1.807) is 12.1 Å². The Balaban J connectivity index is 1.82. The van der Waals surface area contributed by atoms with Crippen LogP contribution in [0, 0.1) is 30.5 Å². The molecule has 3 rings (SSSR count). The largest absolute Gasteiger partial charge is 0.342 e. The van der Waals surface area contributed by atoms with E-state index in [-0.39, 0.29) is 23.6 Å². The van der Waals surface area contributed by atoms with Crippen LogP contribution in [-0.2, 0) is 11.3 Å². The molecule has 5 heteroatoms. The van der Waals surface area contributed by atoms with Gasteiger partial charge in [0.15, 0.2) is 0 Å². The number of carbonyl (C=O) groups excluding carboxylic acids is 1. The van der Waals surface area contributed by atoms with E-state index in [1.165, 1.54) is 15.8 Å². The Hall–Kier alpha value is -1.72. The molecule has 1 aliphatic heterocycles. The minimum atomic E-state index is -0.184. The third kappa shape index (κ3) is 5.92. The molecule has 0 radical (unpaired) electrons. The summed E-state index contributed by atoms with van der Waals surface area (Å²) in [6.07, 6.45) is 0. The Morgan fingerprint density at radius 2 is 1.97 bits per heavy atom. The molecule has 1 fully saturated rings. The predicted octanol–water partition coefficient (Wildman–Crippen LogP) is 5.55. The fourth-order valence-corrected chi connectivity index (χ4v) is 5.46. The molecule has 2 atom stereocenters. The van der Waals surface area contributed by atoms with Crippen molar-refractivity contribution in [1.82, 2.24) is 9.80 Å². The van der Waals surface area contributed by atoms with E-state index in [2.05, 4.69) is 37.8 Å². The molecule has 3 nitrogen and oxygen atoms in total. The molecule has 0 N–H and O–H groups in total. The number of halogens is 1. The van der Waals surface area contributed by atoms with Gasteiger partial charge >= 0.3 is 0 Å². The predicted molar refractivity (Wildman–Crippen MR) is 123 cm³/mol. The highest BCUT2D eigenvalue weighted by atomic mass is 32.1. The zero-order valence-electron chi connectivity index (χ0n) is 18.9. The summed E-state index contributed by atoms with van der Waals surface area (Å²) in [5.74, 6) is 0.977. The molecule has 1 aromatic heterocycles. The van der Waals surface area contributed by atoms with Crippen LogP contribution in [0.5, 0.6) is 0 Å². The van der Waals surface area contributed by atoms with Crippen molar-refractivity contribution in [2.75, 3.05) is 26.2 Å². The van der Waals surface area contributed by atoms with Crippen molar-refractivity contribution >= 4 is 17.2 Å². The van der Waals surface area contributed by atoms with Crippen LogP contribution in [0.4, 0.5) is 4.39 Å². The van der Waals surface area contributed by atoms with Crippen LogP contribution in [0.2, 0.25) is 0 Å². The van der Waals surface area contributed by atoms with Crippen LogP contribution in [-0.4, -0.2) is 41.9 Å². The van der Waals surface area contributed by atoms with Crippen LogP contribution in [0.1, 0.15) is 48.9 Å². The van der Waals surface area contributed by atoms with Crippen LogP contribution in [0.3, 0.4) is 0 Å². The van der Waals surface area contributed by atoms with Gasteiger partial charge in [0.05, 0.1) is 0 Å². The average Bonchev–Trinajstić information content (AvgIpc) is 3.26. The van der Waals surface area contributed by atoms with Gasteiger partial charge in [-0.1, -0.05) is 39.8 Å². The molecule has 30 heavy (non-hydrogen) atoms. The maximum Gasteiger partial charge on any atom is 0.225 e. The first kappa shape index (κ1) is 23.0. The summed E-state index contributed by atoms with van der Waals surface area (Å²) < 4.78 is 14.0. The van der Waals surface area contributed by atoms with Gasteiger partial charge in [-0.25, -0.2) is 4.39 Å². The van der Waals surface area contributed by atoms with Crippen molar-refractivity contribution in [2.45, 2.75) is 47.1 Å². The molecular formula is C25H35FN2OS. The second kappa shape index (κ2) is 10.1. The minimum Gasteiger partial charge on any atom is -0.342 e. The minimum absolute atomic E-state index is 0.0111. The SMILES string of the molecule is Cc1ccc(CN2CC(CN(CC(C)C)C(=O)C(C)C)C(c3cccc(F)c3)C2)s1. The van der Waals surface area contributed by atoms with Crippen LogP contribution in [0.25, 0.3) is 0 Å². The number of hydrogen-bond donors (Lipinski definition) is 0. The van der Waals surface area contributed by atoms with Gasteiger partial charge in [-0.2, -0.15) is 0 Å². The van der Waals surface area contributed by atoms with Gasteiger partial charge in [-0.15, -0.1) is 11.3 Å². The van der Waals surface area contributed by atoms with Crippen molar-refractivity contribution in [3.63, 3.8) is 0 Å². The van der Waals surface area contributed by atoms with Crippen LogP contribution < -0.4 is 0 Å². The van der Waals surface area contributed by atoms with Gasteiger partial charge in [0.1, 0.15) is 5.82 Å². The molecule has 2 heterocycles. The lowest BCUT2D eigenvalue weighted by molar-refractivity contribution is -0.135. The van der Waals surface area contributed by atoms with Crippen LogP contribution >= 0.6 is 11.3 Å². The summed E-state index contributed by atoms with van der Waals surface area (Å²) in [6, 6.07) is 11.4. The quantitative estimate of drug-likeness (QED) is 0.548. The molecule has 0 aliphatic carbocycles. The summed E-state index contributed by atoms with van der Waals surface area (Å²) in [6.45, 7) is 14.6. The number of rotatable bonds is 8. The summed E-state index contributed by atoms with van der Waals surface area (Å²) >= 11 is 1.84. The first-order valence-corrected chi connectivity index (χ1v) is 11.9. The van der Waals surface area contributed by atoms with Gasteiger partial charge < -0.3 is 4.90 Å². The molecule has 164 valence electrons. The molecule has 2 unspecified atom stereocenters. The van der Waals surface area contributed by atoms with Crippen molar-refractivity contribution in [2.24, 2.45) is 17.8 Å². The zero-order valence-corrected chi connectivity index (χ0v) is 19.7. The van der Waals surface area contributed by atoms with Crippen LogP contribution in [0.15, 0.2) is 36.4 Å². The van der Waals surface area contributed by atoms with Gasteiger partial charge in [0.2, 0.25) is 5.91 Å². The lowest BCUT2D eigenvalue weighted by atomic mass is 9.88. The number of amides is 1. The van der Waals surface area contributed by atoms with Crippen molar-refractivity contribution in [3.8, 4) is 0 Å². The third-order valence-electron chi connectivity index (χ3n) is 5.81. The fraction of sp³-hybridized carbons (Fsp3) is 0.560. The molecule has 1 aliphatic rings. The Kier molecular flexibility index (Phi) is 7.70. The summed E-state index contributed by atoms with van der Waals surface area (Å²) in [4.78, 5) is 20.1. The summed E-state index contributed by atoms with van der Waals surface area (Å²) in [5.41, 5.74) is 1.05. The number of carbonyl (C=O) groups is 1. The Morgan fingerprint density at radius 1 is 1.20 bits per heavy atom. The van der Waals surface area contributed by atoms with E-state index >= 15 is 0 Å². The normalized spacial score (nSPS) is 19.7. The van der Waals surface area contributed by atoms with Crippen molar-refractivity contribution in [3.05, 3.63) is 57.5 Å². The van der Waals surface area contributed by atoms with Crippen molar-refractivity contribution in [1.29, 1.82) is 0 Å². The van der Waals surface area contributed by atoms with E-state index in [1.807, 2.05) is 36.2 Å². The van der Waals surface area contributed by atoms with Gasteiger partial charge in [0, 0.05) is 54.3 Å². The molecule has 1 amide bonds. The maximum atomic E-state index is 14.0. The molecule has 1 saturated heterocycles. The molecular weight excluding hydrogens is 395 g/mol. The summed E-state index contributed by atoms with van der Waals surface area (Å²) in [7, 11) is 0. The second-order valence-electron chi connectivity index (χ2n) is 9.42. The first-order valence-electron chi connectivity index (χ1n) is 11.0. The van der Waals surface area contributed by atoms with Crippen molar-refractivity contribution < 1.29 is 9.18 Å². The second-order valence-corrected chi connectivity index (χ2v) is 10.8. The fourth-order valence-electron chi connectivity index (χ4n) is 4.52. The number of aryl methyl sites for hydroxylation is 1. The molecule has 2 aromatic rings. The van der Waals surface area contributed by atoms with Gasteiger partial charge in [-0.05, 0) is 48.6 Å². The van der Waals surface area contributed by atoms with E-state index < -0.39 is 0 Å². The highest BCUT2D eigenvalue weighted by Gasteiger charge is 2.36. The monoisotopic (exact) mass is 430 g/mol. The lowest BCUT2D eigenvalue weighted by Gasteiger charge is -2.31. The average molecular weight is 431 g/mol. The molecule has 0 bridgehead atoms. The molecule has 1 aromatic carbocycles. The zero-order chi connectivity index (χ0) is 21.8. The van der Waals surface area contributed by atoms with Gasteiger partial charge in [0.25, 0.3) is 0 Å². The van der Waals surface area contributed by atoms with E-state index in [0.717, 1.165) is 38.3 Å². The number of hydrogen-bond acceptors (Lipinski definition) is 3. The number of likely N-dealkylation sites (tertiary alicyclic amines) is 1. The number of nitrogens with zero attached hydrogens (tertiary/aromatic N) is 2. The molecule has 0 spiro atoms. The molecule has 0 saturated carbocycles. The summed E-state index contributed by atoms with van der Waals surface area (Å²) in [5, 5.41) is 0. The van der Waals surface area contributed by atoms with Gasteiger partial charge in [-0.3, -0.25) is 9.69 Å².